The smallest absolute Gasteiger partial charge is 0.221 e. The van der Waals surface area contributed by atoms with Crippen LogP contribution in [0.25, 0.3) is 0 Å². The number of nitrogens with zero attached hydrogens (tertiary/aromatic N) is 1. The number of hydrazone groups is 1. The normalized spacial score (nSPS) is 10.2. The highest BCUT2D eigenvalue weighted by Gasteiger charge is 1.96. The summed E-state index contributed by atoms with van der Waals surface area (Å²) >= 11 is 5.14. The number of nitrogens with one attached hydrogen (secondary N) is 3. The van der Waals surface area contributed by atoms with Crippen LogP contribution in [-0.4, -0.2) is 17.2 Å². The third-order valence-electron chi connectivity index (χ3n) is 2.64. The third kappa shape index (κ3) is 5.34. The maximum atomic E-state index is 10.9. The van der Waals surface area contributed by atoms with Crippen molar-refractivity contribution in [2.45, 2.75) is 6.92 Å². The molecule has 22 heavy (non-hydrogen) atoms. The molecule has 0 spiro atoms. The van der Waals surface area contributed by atoms with E-state index in [4.69, 9.17) is 12.2 Å². The van der Waals surface area contributed by atoms with Crippen LogP contribution in [0.1, 0.15) is 12.5 Å². The summed E-state index contributed by atoms with van der Waals surface area (Å²) in [4.78, 5) is 10.9. The Morgan fingerprint density at radius 1 is 1.00 bits per heavy atom. The topological polar surface area (TPSA) is 65.5 Å². The first-order valence-corrected chi connectivity index (χ1v) is 7.07. The van der Waals surface area contributed by atoms with E-state index in [0.717, 1.165) is 16.9 Å². The van der Waals surface area contributed by atoms with Gasteiger partial charge in [-0.05, 0) is 42.0 Å². The van der Waals surface area contributed by atoms with Crippen LogP contribution in [0.5, 0.6) is 0 Å². The summed E-state index contributed by atoms with van der Waals surface area (Å²) in [5.41, 5.74) is 5.29. The Morgan fingerprint density at radius 2 is 1.64 bits per heavy atom. The first kappa shape index (κ1) is 15.7. The van der Waals surface area contributed by atoms with Crippen molar-refractivity contribution < 1.29 is 4.79 Å². The highest BCUT2D eigenvalue weighted by atomic mass is 32.1. The lowest BCUT2D eigenvalue weighted by Gasteiger charge is -2.06. The molecule has 0 aromatic heterocycles. The maximum absolute atomic E-state index is 10.9. The summed E-state index contributed by atoms with van der Waals surface area (Å²) in [5.74, 6) is -0.0968. The molecule has 0 radical (unpaired) electrons. The minimum atomic E-state index is -0.0968. The number of thiocarbonyl (C=S) groups is 1. The molecule has 2 rings (SSSR count). The Labute approximate surface area is 134 Å². The molecule has 2 aromatic rings. The van der Waals surface area contributed by atoms with E-state index in [1.807, 2.05) is 54.6 Å². The van der Waals surface area contributed by atoms with E-state index in [9.17, 15) is 4.79 Å². The van der Waals surface area contributed by atoms with Crippen LogP contribution in [0.2, 0.25) is 0 Å². The van der Waals surface area contributed by atoms with Crippen LogP contribution in [0.15, 0.2) is 59.7 Å². The maximum Gasteiger partial charge on any atom is 0.221 e. The largest absolute Gasteiger partial charge is 0.331 e. The van der Waals surface area contributed by atoms with E-state index in [1.165, 1.54) is 6.92 Å². The monoisotopic (exact) mass is 312 g/mol. The fourth-order valence-corrected chi connectivity index (χ4v) is 1.87. The zero-order valence-electron chi connectivity index (χ0n) is 12.0. The number of amides is 1. The summed E-state index contributed by atoms with van der Waals surface area (Å²) in [5, 5.41) is 10.2. The van der Waals surface area contributed by atoms with Gasteiger partial charge in [-0.15, -0.1) is 0 Å². The lowest BCUT2D eigenvalue weighted by molar-refractivity contribution is -0.114. The number of para-hydroxylation sites is 1. The zero-order chi connectivity index (χ0) is 15.8. The molecule has 0 fully saturated rings. The Hall–Kier alpha value is -2.73. The Kier molecular flexibility index (Phi) is 5.62. The van der Waals surface area contributed by atoms with Gasteiger partial charge in [0, 0.05) is 18.3 Å². The molecular formula is C16H16N4OS. The lowest BCUT2D eigenvalue weighted by Crippen LogP contribution is -2.23. The van der Waals surface area contributed by atoms with Crippen LogP contribution in [-0.2, 0) is 4.79 Å². The molecule has 5 nitrogen and oxygen atoms in total. The lowest BCUT2D eigenvalue weighted by atomic mass is 10.2. The second-order valence-corrected chi connectivity index (χ2v) is 4.90. The molecule has 0 unspecified atom stereocenters. The van der Waals surface area contributed by atoms with Gasteiger partial charge >= 0.3 is 0 Å². The molecule has 112 valence electrons. The molecule has 0 atom stereocenters. The quantitative estimate of drug-likeness (QED) is 0.461. The summed E-state index contributed by atoms with van der Waals surface area (Å²) in [7, 11) is 0. The molecule has 3 N–H and O–H groups in total. The van der Waals surface area contributed by atoms with E-state index in [-0.39, 0.29) is 5.91 Å². The molecular weight excluding hydrogens is 296 g/mol. The molecule has 6 heteroatoms. The van der Waals surface area contributed by atoms with Crippen LogP contribution in [0.4, 0.5) is 11.4 Å². The molecule has 0 saturated heterocycles. The first-order valence-electron chi connectivity index (χ1n) is 6.66. The molecule has 0 aliphatic heterocycles. The van der Waals surface area contributed by atoms with Gasteiger partial charge in [0.15, 0.2) is 5.11 Å². The number of rotatable bonds is 4. The second-order valence-electron chi connectivity index (χ2n) is 4.49. The Balaban J connectivity index is 1.84. The molecule has 2 aromatic carbocycles. The molecule has 0 saturated carbocycles. The van der Waals surface area contributed by atoms with Gasteiger partial charge in [0.05, 0.1) is 6.21 Å². The van der Waals surface area contributed by atoms with Gasteiger partial charge in [-0.25, -0.2) is 0 Å². The predicted octanol–water partition coefficient (Wildman–Crippen LogP) is 2.97. The van der Waals surface area contributed by atoms with E-state index in [0.29, 0.717) is 5.11 Å². The van der Waals surface area contributed by atoms with Crippen molar-refractivity contribution in [2.24, 2.45) is 5.10 Å². The van der Waals surface area contributed by atoms with Gasteiger partial charge in [0.2, 0.25) is 5.91 Å². The molecule has 0 bridgehead atoms. The average molecular weight is 312 g/mol. The highest BCUT2D eigenvalue weighted by Crippen LogP contribution is 2.08. The summed E-state index contributed by atoms with van der Waals surface area (Å²) in [6, 6.07) is 16.9. The van der Waals surface area contributed by atoms with Gasteiger partial charge in [0.1, 0.15) is 0 Å². The first-order chi connectivity index (χ1) is 10.6. The third-order valence-corrected chi connectivity index (χ3v) is 2.84. The van der Waals surface area contributed by atoms with Crippen molar-refractivity contribution >= 4 is 40.8 Å². The van der Waals surface area contributed by atoms with Crippen molar-refractivity contribution in [3.05, 3.63) is 60.2 Å². The van der Waals surface area contributed by atoms with Crippen LogP contribution < -0.4 is 16.1 Å². The fraction of sp³-hybridized carbons (Fsp3) is 0.0625. The SMILES string of the molecule is CC(=O)Nc1ccc(/C=N\NC(=S)Nc2ccccc2)cc1. The molecule has 0 aliphatic rings. The fourth-order valence-electron chi connectivity index (χ4n) is 1.70. The summed E-state index contributed by atoms with van der Waals surface area (Å²) < 4.78 is 0. The van der Waals surface area contributed by atoms with Crippen LogP contribution >= 0.6 is 12.2 Å². The minimum Gasteiger partial charge on any atom is -0.331 e. The predicted molar refractivity (Wildman–Crippen MR) is 94.1 cm³/mol. The van der Waals surface area contributed by atoms with Crippen LogP contribution in [0.3, 0.4) is 0 Å². The standard InChI is InChI=1S/C16H16N4OS/c1-12(21)18-15-9-7-13(8-10-15)11-17-20-16(22)19-14-5-3-2-4-6-14/h2-11H,1H3,(H,18,21)(H2,19,20,22)/b17-11-. The zero-order valence-corrected chi connectivity index (χ0v) is 12.9. The molecule has 0 aliphatic carbocycles. The highest BCUT2D eigenvalue weighted by molar-refractivity contribution is 7.80. The van der Waals surface area contributed by atoms with Gasteiger partial charge in [0.25, 0.3) is 0 Å². The number of carbonyl (C=O) groups excluding carboxylic acids is 1. The van der Waals surface area contributed by atoms with Gasteiger partial charge in [-0.2, -0.15) is 5.10 Å². The van der Waals surface area contributed by atoms with Crippen molar-refractivity contribution in [3.63, 3.8) is 0 Å². The average Bonchev–Trinajstić information content (AvgIpc) is 2.49. The van der Waals surface area contributed by atoms with Crippen molar-refractivity contribution in [3.8, 4) is 0 Å². The van der Waals surface area contributed by atoms with Crippen molar-refractivity contribution in [2.75, 3.05) is 10.6 Å². The Morgan fingerprint density at radius 3 is 2.27 bits per heavy atom. The van der Waals surface area contributed by atoms with E-state index in [1.54, 1.807) is 6.21 Å². The second kappa shape index (κ2) is 7.90. The van der Waals surface area contributed by atoms with E-state index < -0.39 is 0 Å². The van der Waals surface area contributed by atoms with Gasteiger partial charge in [-0.3, -0.25) is 10.2 Å². The van der Waals surface area contributed by atoms with Crippen molar-refractivity contribution in [1.82, 2.24) is 5.43 Å². The number of anilines is 2. The number of hydrogen-bond donors (Lipinski definition) is 3. The summed E-state index contributed by atoms with van der Waals surface area (Å²) in [6.45, 7) is 1.47. The summed E-state index contributed by atoms with van der Waals surface area (Å²) in [6.07, 6.45) is 1.65. The minimum absolute atomic E-state index is 0.0968. The molecule has 0 heterocycles. The van der Waals surface area contributed by atoms with Crippen molar-refractivity contribution in [1.29, 1.82) is 0 Å². The van der Waals surface area contributed by atoms with Gasteiger partial charge in [-0.1, -0.05) is 30.3 Å². The number of carbonyl (C=O) groups is 1. The van der Waals surface area contributed by atoms with E-state index >= 15 is 0 Å². The molecule has 1 amide bonds. The number of benzene rings is 2. The van der Waals surface area contributed by atoms with Crippen LogP contribution in [0, 0.1) is 0 Å². The van der Waals surface area contributed by atoms with Gasteiger partial charge < -0.3 is 10.6 Å². The Bertz CT molecular complexity index is 668. The van der Waals surface area contributed by atoms with E-state index in [2.05, 4.69) is 21.2 Å². The number of hydrogen-bond acceptors (Lipinski definition) is 3.